The van der Waals surface area contributed by atoms with Gasteiger partial charge in [-0.05, 0) is 30.5 Å². The average Bonchev–Trinajstić information content (AvgIpc) is 3.37. The van der Waals surface area contributed by atoms with Crippen LogP contribution in [0.25, 0.3) is 16.8 Å². The van der Waals surface area contributed by atoms with Crippen molar-refractivity contribution in [2.45, 2.75) is 51.6 Å². The normalized spacial score (nSPS) is 13.2. The SMILES string of the molecule is CC(=O)NCCNC(=O)O.Nc1nccn2c(C3CCCCC3)nc(-c3cccc(OCc4ccccc4)c3)c12. The second kappa shape index (κ2) is 14.0. The van der Waals surface area contributed by atoms with Gasteiger partial charge in [-0.15, -0.1) is 0 Å². The van der Waals surface area contributed by atoms with Crippen LogP contribution < -0.4 is 21.1 Å². The van der Waals surface area contributed by atoms with Crippen molar-refractivity contribution in [3.8, 4) is 17.0 Å². The van der Waals surface area contributed by atoms with Crippen molar-refractivity contribution < 1.29 is 19.4 Å². The number of fused-ring (bicyclic) bond motifs is 1. The summed E-state index contributed by atoms with van der Waals surface area (Å²) in [6.07, 6.45) is 8.88. The van der Waals surface area contributed by atoms with Gasteiger partial charge in [-0.25, -0.2) is 14.8 Å². The molecular weight excluding hydrogens is 508 g/mol. The van der Waals surface area contributed by atoms with Crippen molar-refractivity contribution in [3.63, 3.8) is 0 Å². The largest absolute Gasteiger partial charge is 0.489 e. The van der Waals surface area contributed by atoms with E-state index in [1.165, 1.54) is 39.0 Å². The van der Waals surface area contributed by atoms with Crippen LogP contribution in [0.2, 0.25) is 0 Å². The van der Waals surface area contributed by atoms with Gasteiger partial charge in [0, 0.05) is 43.9 Å². The standard InChI is InChI=1S/C25H26N4O.C5H10N2O3/c26-24-23-22(28-25(29(23)15-14-27-24)19-10-5-2-6-11-19)20-12-7-13-21(16-20)30-17-18-8-3-1-4-9-18;1-4(8)6-2-3-7-5(9)10/h1,3-4,7-9,12-16,19H,2,5-6,10-11,17H2,(H2,26,27);7H,2-3H2,1H3,(H,6,8)(H,9,10). The van der Waals surface area contributed by atoms with E-state index in [9.17, 15) is 9.59 Å². The van der Waals surface area contributed by atoms with Crippen LogP contribution in [-0.2, 0) is 11.4 Å². The summed E-state index contributed by atoms with van der Waals surface area (Å²) in [4.78, 5) is 29.4. The fourth-order valence-electron chi connectivity index (χ4n) is 4.82. The van der Waals surface area contributed by atoms with Crippen molar-refractivity contribution in [1.29, 1.82) is 0 Å². The molecule has 210 valence electrons. The number of rotatable bonds is 8. The smallest absolute Gasteiger partial charge is 0.404 e. The maximum Gasteiger partial charge on any atom is 0.404 e. The van der Waals surface area contributed by atoms with Gasteiger partial charge in [-0.2, -0.15) is 0 Å². The minimum absolute atomic E-state index is 0.160. The zero-order chi connectivity index (χ0) is 28.3. The van der Waals surface area contributed by atoms with Crippen LogP contribution in [0.15, 0.2) is 67.0 Å². The first-order chi connectivity index (χ1) is 19.4. The minimum Gasteiger partial charge on any atom is -0.489 e. The van der Waals surface area contributed by atoms with Crippen LogP contribution in [0.1, 0.15) is 56.3 Å². The highest BCUT2D eigenvalue weighted by molar-refractivity contribution is 5.85. The maximum atomic E-state index is 10.2. The number of benzene rings is 2. The van der Waals surface area contributed by atoms with Gasteiger partial charge in [0.15, 0.2) is 0 Å². The topological polar surface area (TPSA) is 144 Å². The quantitative estimate of drug-likeness (QED) is 0.229. The van der Waals surface area contributed by atoms with Gasteiger partial charge in [0.2, 0.25) is 5.91 Å². The first kappa shape index (κ1) is 28.4. The van der Waals surface area contributed by atoms with Crippen LogP contribution in [0.3, 0.4) is 0 Å². The Balaban J connectivity index is 0.000000318. The number of nitrogen functional groups attached to an aromatic ring is 1. The van der Waals surface area contributed by atoms with Crippen LogP contribution >= 0.6 is 0 Å². The third kappa shape index (κ3) is 7.72. The molecule has 0 unspecified atom stereocenters. The number of carbonyl (C=O) groups excluding carboxylic acids is 1. The van der Waals surface area contributed by atoms with E-state index in [0.29, 0.717) is 24.9 Å². The average molecular weight is 545 g/mol. The molecule has 2 aromatic carbocycles. The number of hydrogen-bond acceptors (Lipinski definition) is 6. The third-order valence-electron chi connectivity index (χ3n) is 6.71. The summed E-state index contributed by atoms with van der Waals surface area (Å²) in [6, 6.07) is 18.3. The molecule has 0 radical (unpaired) electrons. The van der Waals surface area contributed by atoms with E-state index in [1.54, 1.807) is 6.20 Å². The van der Waals surface area contributed by atoms with Gasteiger partial charge < -0.3 is 26.2 Å². The highest BCUT2D eigenvalue weighted by atomic mass is 16.5. The van der Waals surface area contributed by atoms with Crippen LogP contribution in [-0.4, -0.2) is 44.6 Å². The lowest BCUT2D eigenvalue weighted by molar-refractivity contribution is -0.118. The third-order valence-corrected chi connectivity index (χ3v) is 6.71. The van der Waals surface area contributed by atoms with Crippen molar-refractivity contribution in [1.82, 2.24) is 25.0 Å². The van der Waals surface area contributed by atoms with Gasteiger partial charge in [-0.1, -0.05) is 61.7 Å². The molecule has 10 nitrogen and oxygen atoms in total. The van der Waals surface area contributed by atoms with Crippen LogP contribution in [0.4, 0.5) is 10.6 Å². The lowest BCUT2D eigenvalue weighted by Crippen LogP contribution is -2.32. The van der Waals surface area contributed by atoms with Crippen molar-refractivity contribution in [2.24, 2.45) is 0 Å². The van der Waals surface area contributed by atoms with Gasteiger partial charge in [0.05, 0.1) is 0 Å². The van der Waals surface area contributed by atoms with E-state index < -0.39 is 6.09 Å². The number of nitrogens with one attached hydrogen (secondary N) is 2. The number of ether oxygens (including phenoxy) is 1. The number of imidazole rings is 1. The molecule has 1 aliphatic rings. The number of amides is 2. The lowest BCUT2D eigenvalue weighted by atomic mass is 9.89. The maximum absolute atomic E-state index is 10.2. The number of nitrogens with zero attached hydrogens (tertiary/aromatic N) is 3. The van der Waals surface area contributed by atoms with E-state index in [1.807, 2.05) is 42.6 Å². The van der Waals surface area contributed by atoms with Crippen LogP contribution in [0.5, 0.6) is 5.75 Å². The van der Waals surface area contributed by atoms with E-state index in [2.05, 4.69) is 38.2 Å². The van der Waals surface area contributed by atoms with Gasteiger partial charge in [-0.3, -0.25) is 9.20 Å². The molecule has 0 atom stereocenters. The molecule has 1 saturated carbocycles. The Morgan fingerprint density at radius 1 is 1.05 bits per heavy atom. The Bertz CT molecular complexity index is 1400. The van der Waals surface area contributed by atoms with E-state index in [4.69, 9.17) is 20.6 Å². The minimum atomic E-state index is -1.08. The van der Waals surface area contributed by atoms with Crippen molar-refractivity contribution in [3.05, 3.63) is 78.4 Å². The highest BCUT2D eigenvalue weighted by Crippen LogP contribution is 2.37. The highest BCUT2D eigenvalue weighted by Gasteiger charge is 2.24. The predicted octanol–water partition coefficient (Wildman–Crippen LogP) is 5.00. The van der Waals surface area contributed by atoms with Gasteiger partial charge in [0.25, 0.3) is 0 Å². The van der Waals surface area contributed by atoms with E-state index in [0.717, 1.165) is 33.9 Å². The zero-order valence-corrected chi connectivity index (χ0v) is 22.7. The number of hydrogen-bond donors (Lipinski definition) is 4. The molecule has 40 heavy (non-hydrogen) atoms. The summed E-state index contributed by atoms with van der Waals surface area (Å²) < 4.78 is 8.18. The number of aromatic nitrogens is 3. The zero-order valence-electron chi connectivity index (χ0n) is 22.7. The summed E-state index contributed by atoms with van der Waals surface area (Å²) in [5, 5.41) is 12.6. The molecule has 0 bridgehead atoms. The molecule has 4 aromatic rings. The van der Waals surface area contributed by atoms with Crippen LogP contribution in [0, 0.1) is 0 Å². The Morgan fingerprint density at radius 2 is 1.80 bits per heavy atom. The lowest BCUT2D eigenvalue weighted by Gasteiger charge is -2.20. The molecule has 5 rings (SSSR count). The van der Waals surface area contributed by atoms with Gasteiger partial charge in [0.1, 0.15) is 35.2 Å². The number of carboxylic acid groups (broad SMARTS) is 1. The second-order valence-electron chi connectivity index (χ2n) is 9.70. The Hall–Kier alpha value is -4.60. The number of nitrogens with two attached hydrogens (primary N) is 1. The fraction of sp³-hybridized carbons (Fsp3) is 0.333. The second-order valence-corrected chi connectivity index (χ2v) is 9.70. The molecule has 0 spiro atoms. The van der Waals surface area contributed by atoms with Crippen molar-refractivity contribution in [2.75, 3.05) is 18.8 Å². The Kier molecular flexibility index (Phi) is 9.93. The molecule has 5 N–H and O–H groups in total. The fourth-order valence-corrected chi connectivity index (χ4v) is 4.82. The first-order valence-electron chi connectivity index (χ1n) is 13.5. The molecule has 1 aliphatic carbocycles. The number of carbonyl (C=O) groups is 2. The molecule has 10 heteroatoms. The molecule has 0 saturated heterocycles. The monoisotopic (exact) mass is 544 g/mol. The van der Waals surface area contributed by atoms with Gasteiger partial charge >= 0.3 is 6.09 Å². The molecule has 0 aliphatic heterocycles. The Labute approximate surface area is 233 Å². The molecule has 1 fully saturated rings. The summed E-state index contributed by atoms with van der Waals surface area (Å²) in [5.41, 5.74) is 10.2. The molecular formula is C30H36N6O4. The van der Waals surface area contributed by atoms with E-state index in [-0.39, 0.29) is 12.5 Å². The molecule has 2 heterocycles. The molecule has 2 amide bonds. The summed E-state index contributed by atoms with van der Waals surface area (Å²) in [7, 11) is 0. The van der Waals surface area contributed by atoms with Crippen molar-refractivity contribution >= 4 is 23.3 Å². The summed E-state index contributed by atoms with van der Waals surface area (Å²) >= 11 is 0. The molecule has 2 aromatic heterocycles. The number of anilines is 1. The Morgan fingerprint density at radius 3 is 2.52 bits per heavy atom. The summed E-state index contributed by atoms with van der Waals surface area (Å²) in [5.74, 6) is 2.74. The summed E-state index contributed by atoms with van der Waals surface area (Å²) in [6.45, 7) is 2.49. The van der Waals surface area contributed by atoms with E-state index >= 15 is 0 Å². The predicted molar refractivity (Wildman–Crippen MR) is 154 cm³/mol. The first-order valence-corrected chi connectivity index (χ1v) is 13.5.